The van der Waals surface area contributed by atoms with Gasteiger partial charge in [0.1, 0.15) is 12.1 Å². The molecule has 0 spiro atoms. The predicted molar refractivity (Wildman–Crippen MR) is 216 cm³/mol. The van der Waals surface area contributed by atoms with Crippen LogP contribution < -0.4 is 20.7 Å². The van der Waals surface area contributed by atoms with Gasteiger partial charge in [0.2, 0.25) is 11.8 Å². The number of benzene rings is 2. The number of methoxy groups -OCH3 is 1. The number of hydrogen-bond acceptors (Lipinski definition) is 10. The summed E-state index contributed by atoms with van der Waals surface area (Å²) in [5.74, 6) is -0.0553. The second-order valence-electron chi connectivity index (χ2n) is 16.2. The van der Waals surface area contributed by atoms with Crippen molar-refractivity contribution in [2.75, 3.05) is 40.3 Å². The Morgan fingerprint density at radius 1 is 1.04 bits per heavy atom. The van der Waals surface area contributed by atoms with Crippen LogP contribution in [-0.4, -0.2) is 118 Å². The summed E-state index contributed by atoms with van der Waals surface area (Å²) in [4.78, 5) is 51.5. The molecule has 2 heterocycles. The number of thiazole rings is 1. The first-order chi connectivity index (χ1) is 25.9. The second kappa shape index (κ2) is 19.6. The highest BCUT2D eigenvalue weighted by atomic mass is 32.1. The number of aromatic hydroxyl groups is 1. The summed E-state index contributed by atoms with van der Waals surface area (Å²) in [5.41, 5.74) is 2.18. The van der Waals surface area contributed by atoms with Gasteiger partial charge in [-0.1, -0.05) is 64.1 Å². The standard InChI is InChI=1S/C41H61N7O6S/c1-26(2)36(44-40(53)46(8)22-30-25-55-39(42-30)27(3)4)38(52)43-31(19-28-13-11-10-12-14-28)34(50)24-48-18-17-47(23-32(48)37(51)45-41(5,6)7)21-29-15-16-33(49)35(20-29)54-9/h10-16,20,25-27,31-32,34,36,49-50H,17-19,21-24H2,1-9H3,(H,43,52)(H,44,53)(H,45,51)/t31-,32-,34-,36-/m0/s1. The number of amides is 4. The van der Waals surface area contributed by atoms with E-state index in [-0.39, 0.29) is 24.1 Å². The lowest BCUT2D eigenvalue weighted by molar-refractivity contribution is -0.132. The number of phenolic OH excluding ortho intramolecular Hbond substituents is 1. The third-order valence-corrected chi connectivity index (χ3v) is 10.8. The highest BCUT2D eigenvalue weighted by Gasteiger charge is 2.37. The van der Waals surface area contributed by atoms with Crippen LogP contribution in [0.1, 0.15) is 76.2 Å². The Hall–Kier alpha value is -4.24. The molecular weight excluding hydrogens is 719 g/mol. The molecule has 1 fully saturated rings. The van der Waals surface area contributed by atoms with Crippen LogP contribution in [0, 0.1) is 5.92 Å². The predicted octanol–water partition coefficient (Wildman–Crippen LogP) is 4.34. The molecule has 13 nitrogen and oxygen atoms in total. The van der Waals surface area contributed by atoms with E-state index in [4.69, 9.17) is 4.74 Å². The number of aliphatic hydroxyl groups is 1. The van der Waals surface area contributed by atoms with Gasteiger partial charge in [-0.3, -0.25) is 19.4 Å². The minimum Gasteiger partial charge on any atom is -0.504 e. The molecule has 0 unspecified atom stereocenters. The van der Waals surface area contributed by atoms with Gasteiger partial charge >= 0.3 is 6.03 Å². The van der Waals surface area contributed by atoms with E-state index in [1.807, 2.05) is 81.3 Å². The summed E-state index contributed by atoms with van der Waals surface area (Å²) in [5, 5.41) is 34.1. The van der Waals surface area contributed by atoms with E-state index in [0.717, 1.165) is 21.8 Å². The molecule has 1 aliphatic rings. The van der Waals surface area contributed by atoms with Crippen LogP contribution in [0.15, 0.2) is 53.9 Å². The summed E-state index contributed by atoms with van der Waals surface area (Å²) in [6.07, 6.45) is -0.705. The van der Waals surface area contributed by atoms with E-state index >= 15 is 0 Å². The zero-order chi connectivity index (χ0) is 40.4. The van der Waals surface area contributed by atoms with Gasteiger partial charge in [0, 0.05) is 56.6 Å². The lowest BCUT2D eigenvalue weighted by Gasteiger charge is -2.43. The van der Waals surface area contributed by atoms with Crippen LogP contribution in [0.2, 0.25) is 0 Å². The average Bonchev–Trinajstić information content (AvgIpc) is 3.60. The van der Waals surface area contributed by atoms with E-state index < -0.39 is 41.7 Å². The highest BCUT2D eigenvalue weighted by molar-refractivity contribution is 7.09. The largest absolute Gasteiger partial charge is 0.504 e. The maximum atomic E-state index is 14.0. The number of carbonyl (C=O) groups excluding carboxylic acids is 3. The molecule has 0 aliphatic carbocycles. The highest BCUT2D eigenvalue weighted by Crippen LogP contribution is 2.27. The van der Waals surface area contributed by atoms with Crippen molar-refractivity contribution in [3.05, 3.63) is 75.7 Å². The molecule has 14 heteroatoms. The third kappa shape index (κ3) is 12.9. The molecule has 0 bridgehead atoms. The third-order valence-electron chi connectivity index (χ3n) is 9.58. The number of ether oxygens (including phenoxy) is 1. The number of β-amino-alcohol motifs (C(OH)–C–C–N with tert-alkyl or cyclic N) is 1. The van der Waals surface area contributed by atoms with Gasteiger partial charge in [0.15, 0.2) is 11.5 Å². The molecule has 1 aliphatic heterocycles. The van der Waals surface area contributed by atoms with Gasteiger partial charge in [-0.05, 0) is 56.4 Å². The molecule has 55 heavy (non-hydrogen) atoms. The Bertz CT molecular complexity index is 1710. The number of urea groups is 1. The van der Waals surface area contributed by atoms with Gasteiger partial charge < -0.3 is 35.8 Å². The summed E-state index contributed by atoms with van der Waals surface area (Å²) >= 11 is 1.57. The Balaban J connectivity index is 1.50. The zero-order valence-electron chi connectivity index (χ0n) is 33.8. The molecule has 4 amide bonds. The quantitative estimate of drug-likeness (QED) is 0.143. The van der Waals surface area contributed by atoms with Crippen molar-refractivity contribution >= 4 is 29.2 Å². The van der Waals surface area contributed by atoms with Crippen molar-refractivity contribution in [1.82, 2.24) is 35.6 Å². The van der Waals surface area contributed by atoms with Gasteiger partial charge in [0.05, 0.1) is 36.5 Å². The molecule has 5 N–H and O–H groups in total. The second-order valence-corrected chi connectivity index (χ2v) is 17.1. The fourth-order valence-electron chi connectivity index (χ4n) is 6.56. The lowest BCUT2D eigenvalue weighted by Crippen LogP contribution is -2.63. The Morgan fingerprint density at radius 2 is 1.75 bits per heavy atom. The fraction of sp³-hybridized carbons (Fsp3) is 0.561. The first-order valence-corrected chi connectivity index (χ1v) is 19.9. The first kappa shape index (κ1) is 43.5. The summed E-state index contributed by atoms with van der Waals surface area (Å²) in [6, 6.07) is 12.3. The molecule has 1 aromatic heterocycles. The van der Waals surface area contributed by atoms with Crippen molar-refractivity contribution in [2.45, 2.75) is 104 Å². The Kier molecular flexibility index (Phi) is 15.5. The van der Waals surface area contributed by atoms with E-state index in [2.05, 4.69) is 39.7 Å². The molecule has 4 rings (SSSR count). The van der Waals surface area contributed by atoms with Crippen LogP contribution in [0.25, 0.3) is 0 Å². The maximum absolute atomic E-state index is 14.0. The first-order valence-electron chi connectivity index (χ1n) is 19.1. The van der Waals surface area contributed by atoms with Crippen molar-refractivity contribution < 1.29 is 29.3 Å². The minimum absolute atomic E-state index is 0.0610. The molecule has 0 saturated carbocycles. The molecule has 2 aromatic carbocycles. The number of aliphatic hydroxyl groups excluding tert-OH is 1. The Morgan fingerprint density at radius 3 is 2.36 bits per heavy atom. The average molecular weight is 780 g/mol. The number of nitrogens with one attached hydrogen (secondary N) is 3. The summed E-state index contributed by atoms with van der Waals surface area (Å²) in [6.45, 7) is 16.2. The van der Waals surface area contributed by atoms with Crippen LogP contribution in [0.3, 0.4) is 0 Å². The molecular formula is C41H61N7O6S. The van der Waals surface area contributed by atoms with Crippen LogP contribution in [0.4, 0.5) is 4.79 Å². The summed E-state index contributed by atoms with van der Waals surface area (Å²) in [7, 11) is 3.18. The topological polar surface area (TPSA) is 160 Å². The van der Waals surface area contributed by atoms with Gasteiger partial charge in [0.25, 0.3) is 0 Å². The molecule has 0 radical (unpaired) electrons. The van der Waals surface area contributed by atoms with Gasteiger partial charge in [-0.15, -0.1) is 11.3 Å². The van der Waals surface area contributed by atoms with Crippen molar-refractivity contribution in [2.24, 2.45) is 5.92 Å². The van der Waals surface area contributed by atoms with Crippen LogP contribution in [-0.2, 0) is 29.1 Å². The number of rotatable bonds is 16. The number of hydrogen-bond donors (Lipinski definition) is 5. The van der Waals surface area contributed by atoms with E-state index in [0.29, 0.717) is 50.8 Å². The number of aromatic nitrogens is 1. The maximum Gasteiger partial charge on any atom is 0.318 e. The smallest absolute Gasteiger partial charge is 0.318 e. The van der Waals surface area contributed by atoms with Crippen molar-refractivity contribution in [3.63, 3.8) is 0 Å². The van der Waals surface area contributed by atoms with E-state index in [9.17, 15) is 24.6 Å². The van der Waals surface area contributed by atoms with E-state index in [1.165, 1.54) is 12.0 Å². The number of carbonyl (C=O) groups is 3. The zero-order valence-corrected chi connectivity index (χ0v) is 34.7. The van der Waals surface area contributed by atoms with E-state index in [1.54, 1.807) is 30.5 Å². The molecule has 3 aromatic rings. The normalized spacial score (nSPS) is 17.1. The number of phenols is 1. The molecule has 302 valence electrons. The minimum atomic E-state index is -1.05. The summed E-state index contributed by atoms with van der Waals surface area (Å²) < 4.78 is 5.30. The molecule has 4 atom stereocenters. The lowest BCUT2D eigenvalue weighted by atomic mass is 9.97. The molecule has 1 saturated heterocycles. The van der Waals surface area contributed by atoms with Gasteiger partial charge in [-0.2, -0.15) is 0 Å². The Labute approximate surface area is 330 Å². The van der Waals surface area contributed by atoms with Crippen molar-refractivity contribution in [3.8, 4) is 11.5 Å². The van der Waals surface area contributed by atoms with Crippen LogP contribution in [0.5, 0.6) is 11.5 Å². The van der Waals surface area contributed by atoms with Gasteiger partial charge in [-0.25, -0.2) is 9.78 Å². The SMILES string of the molecule is COc1cc(CN2CCN(C[C@H](O)[C@H](Cc3ccccc3)NC(=O)[C@@H](NC(=O)N(C)Cc3csc(C(C)C)n3)C(C)C)[C@H](C(=O)NC(C)(C)C)C2)ccc1O. The van der Waals surface area contributed by atoms with Crippen LogP contribution >= 0.6 is 11.3 Å². The number of piperazine rings is 1. The number of nitrogens with zero attached hydrogens (tertiary/aromatic N) is 4. The monoisotopic (exact) mass is 779 g/mol. The van der Waals surface area contributed by atoms with Crippen molar-refractivity contribution in [1.29, 1.82) is 0 Å². The fourth-order valence-corrected chi connectivity index (χ4v) is 7.39.